The van der Waals surface area contributed by atoms with E-state index in [4.69, 9.17) is 4.74 Å². The van der Waals surface area contributed by atoms with Crippen LogP contribution in [0.5, 0.6) is 0 Å². The molecule has 1 aromatic heterocycles. The minimum atomic E-state index is 0.0213. The summed E-state index contributed by atoms with van der Waals surface area (Å²) in [6.07, 6.45) is 1.69. The van der Waals surface area contributed by atoms with Crippen LogP contribution in [-0.2, 0) is 11.3 Å². The second-order valence-corrected chi connectivity index (χ2v) is 7.88. The second kappa shape index (κ2) is 7.15. The molecule has 2 rings (SSSR count). The summed E-state index contributed by atoms with van der Waals surface area (Å²) >= 11 is 7.06. The molecule has 0 spiro atoms. The predicted molar refractivity (Wildman–Crippen MR) is 84.3 cm³/mol. The molecule has 19 heavy (non-hydrogen) atoms. The molecule has 0 amide bonds. The van der Waals surface area contributed by atoms with Crippen molar-refractivity contribution in [2.75, 3.05) is 25.2 Å². The molecular formula is C12H17BrN2O2S2. The highest BCUT2D eigenvalue weighted by molar-refractivity contribution is 9.10. The fourth-order valence-electron chi connectivity index (χ4n) is 2.01. The Hall–Kier alpha value is 0.0200. The molecule has 4 nitrogen and oxygen atoms in total. The number of rotatable bonds is 5. The lowest BCUT2D eigenvalue weighted by Crippen LogP contribution is -2.33. The lowest BCUT2D eigenvalue weighted by Gasteiger charge is -2.26. The van der Waals surface area contributed by atoms with Crippen molar-refractivity contribution in [2.45, 2.75) is 24.0 Å². The summed E-state index contributed by atoms with van der Waals surface area (Å²) < 4.78 is 7.57. The molecule has 1 aromatic rings. The van der Waals surface area contributed by atoms with Gasteiger partial charge >= 0.3 is 0 Å². The van der Waals surface area contributed by atoms with E-state index >= 15 is 0 Å². The lowest BCUT2D eigenvalue weighted by molar-refractivity contribution is 0.0974. The third-order valence-corrected chi connectivity index (χ3v) is 6.65. The summed E-state index contributed by atoms with van der Waals surface area (Å²) in [5.74, 6) is 2.33. The second-order valence-electron chi connectivity index (χ2n) is 4.29. The van der Waals surface area contributed by atoms with Crippen molar-refractivity contribution in [2.24, 2.45) is 0 Å². The molecule has 0 N–H and O–H groups in total. The monoisotopic (exact) mass is 364 g/mol. The number of nitrogens with zero attached hydrogens (tertiary/aromatic N) is 2. The Morgan fingerprint density at radius 2 is 2.32 bits per heavy atom. The van der Waals surface area contributed by atoms with Crippen LogP contribution >= 0.6 is 39.5 Å². The van der Waals surface area contributed by atoms with Gasteiger partial charge in [-0.2, -0.15) is 16.9 Å². The average Bonchev–Trinajstić information content (AvgIpc) is 2.77. The quantitative estimate of drug-likeness (QED) is 0.751. The van der Waals surface area contributed by atoms with E-state index in [9.17, 15) is 4.79 Å². The Morgan fingerprint density at radius 1 is 1.58 bits per heavy atom. The number of thioether (sulfide) groups is 2. The van der Waals surface area contributed by atoms with Crippen LogP contribution < -0.4 is 0 Å². The molecule has 1 aliphatic rings. The molecule has 0 radical (unpaired) electrons. The maximum atomic E-state index is 12.7. The van der Waals surface area contributed by atoms with E-state index in [1.165, 1.54) is 0 Å². The van der Waals surface area contributed by atoms with E-state index < -0.39 is 0 Å². The first-order chi connectivity index (χ1) is 9.15. The first-order valence-corrected chi connectivity index (χ1v) is 9.02. The summed E-state index contributed by atoms with van der Waals surface area (Å²) in [5, 5.41) is 4.62. The van der Waals surface area contributed by atoms with E-state index in [0.717, 1.165) is 16.0 Å². The maximum absolute atomic E-state index is 12.7. The Bertz CT molecular complexity index is 453. The summed E-state index contributed by atoms with van der Waals surface area (Å²) in [6, 6.07) is 0. The molecule has 106 valence electrons. The Kier molecular flexibility index (Phi) is 5.80. The van der Waals surface area contributed by atoms with Crippen molar-refractivity contribution in [3.63, 3.8) is 0 Å². The van der Waals surface area contributed by atoms with Crippen LogP contribution in [0.1, 0.15) is 17.4 Å². The number of methoxy groups -OCH3 is 1. The van der Waals surface area contributed by atoms with Crippen LogP contribution in [0.25, 0.3) is 0 Å². The predicted octanol–water partition coefficient (Wildman–Crippen LogP) is 2.71. The Morgan fingerprint density at radius 3 is 3.00 bits per heavy atom. The fraction of sp³-hybridized carbons (Fsp3) is 0.667. The molecule has 1 saturated heterocycles. The van der Waals surface area contributed by atoms with Gasteiger partial charge in [-0.05, 0) is 15.9 Å². The molecule has 2 heterocycles. The van der Waals surface area contributed by atoms with Crippen LogP contribution in [-0.4, -0.2) is 51.3 Å². The van der Waals surface area contributed by atoms with Crippen molar-refractivity contribution in [1.82, 2.24) is 9.78 Å². The highest BCUT2D eigenvalue weighted by Gasteiger charge is 2.32. The molecular weight excluding hydrogens is 348 g/mol. The topological polar surface area (TPSA) is 44.1 Å². The van der Waals surface area contributed by atoms with Gasteiger partial charge in [-0.3, -0.25) is 9.48 Å². The number of halogens is 1. The van der Waals surface area contributed by atoms with E-state index in [0.29, 0.717) is 24.1 Å². The van der Waals surface area contributed by atoms with Gasteiger partial charge in [0, 0.05) is 23.9 Å². The van der Waals surface area contributed by atoms with Crippen molar-refractivity contribution in [1.29, 1.82) is 0 Å². The third-order valence-electron chi connectivity index (χ3n) is 2.98. The summed E-state index contributed by atoms with van der Waals surface area (Å²) in [4.78, 5) is 12.7. The van der Waals surface area contributed by atoms with Crippen molar-refractivity contribution in [3.8, 4) is 0 Å². The molecule has 2 unspecified atom stereocenters. The standard InChI is InChI=1S/C12H17BrN2O2S2/c1-8-12(19-6-5-18-8)11(16)10-9(13)7-14-15(10)3-4-17-2/h7-8,12H,3-6H2,1-2H3. The molecule has 1 fully saturated rings. The SMILES string of the molecule is COCCn1ncc(Br)c1C(=O)C1SCCSC1C. The molecule has 0 bridgehead atoms. The first-order valence-electron chi connectivity index (χ1n) is 6.12. The molecule has 2 atom stereocenters. The van der Waals surface area contributed by atoms with E-state index in [1.807, 2.05) is 11.8 Å². The van der Waals surface area contributed by atoms with Gasteiger partial charge in [0.1, 0.15) is 5.69 Å². The number of ketones is 1. The molecule has 0 aliphatic carbocycles. The van der Waals surface area contributed by atoms with Crippen LogP contribution in [0.15, 0.2) is 10.7 Å². The average molecular weight is 365 g/mol. The molecule has 0 aromatic carbocycles. The van der Waals surface area contributed by atoms with Crippen LogP contribution in [0.4, 0.5) is 0 Å². The third kappa shape index (κ3) is 3.56. The largest absolute Gasteiger partial charge is 0.383 e. The fourth-order valence-corrected chi connectivity index (χ4v) is 5.20. The van der Waals surface area contributed by atoms with Gasteiger partial charge in [0.2, 0.25) is 0 Å². The smallest absolute Gasteiger partial charge is 0.196 e. The Labute approximate surface area is 130 Å². The van der Waals surface area contributed by atoms with Crippen molar-refractivity contribution < 1.29 is 9.53 Å². The number of hydrogen-bond donors (Lipinski definition) is 0. The Balaban J connectivity index is 2.19. The molecule has 1 aliphatic heterocycles. The van der Waals surface area contributed by atoms with Gasteiger partial charge in [0.25, 0.3) is 0 Å². The number of ether oxygens (including phenoxy) is 1. The highest BCUT2D eigenvalue weighted by atomic mass is 79.9. The molecule has 0 saturated carbocycles. The summed E-state index contributed by atoms with van der Waals surface area (Å²) in [6.45, 7) is 3.28. The number of carbonyl (C=O) groups excluding carboxylic acids is 1. The van der Waals surface area contributed by atoms with Gasteiger partial charge in [-0.25, -0.2) is 0 Å². The summed E-state index contributed by atoms with van der Waals surface area (Å²) in [5.41, 5.74) is 0.670. The van der Waals surface area contributed by atoms with Crippen molar-refractivity contribution in [3.05, 3.63) is 16.4 Å². The van der Waals surface area contributed by atoms with E-state index in [2.05, 4.69) is 28.0 Å². The normalized spacial score (nSPS) is 23.5. The number of Topliss-reactive ketones (excluding diaryl/α,β-unsaturated/α-hetero) is 1. The van der Waals surface area contributed by atoms with Gasteiger partial charge < -0.3 is 4.74 Å². The van der Waals surface area contributed by atoms with Gasteiger partial charge in [0.15, 0.2) is 5.78 Å². The van der Waals surface area contributed by atoms with Crippen molar-refractivity contribution >= 4 is 45.2 Å². The zero-order valence-corrected chi connectivity index (χ0v) is 14.2. The maximum Gasteiger partial charge on any atom is 0.196 e. The zero-order valence-electron chi connectivity index (χ0n) is 11.0. The van der Waals surface area contributed by atoms with Gasteiger partial charge in [-0.15, -0.1) is 11.8 Å². The number of aromatic nitrogens is 2. The lowest BCUT2D eigenvalue weighted by atomic mass is 10.1. The van der Waals surface area contributed by atoms with Gasteiger partial charge in [-0.1, -0.05) is 6.92 Å². The van der Waals surface area contributed by atoms with Crippen LogP contribution in [0.3, 0.4) is 0 Å². The minimum Gasteiger partial charge on any atom is -0.383 e. The zero-order chi connectivity index (χ0) is 13.8. The van der Waals surface area contributed by atoms with E-state index in [1.54, 1.807) is 29.8 Å². The number of carbonyl (C=O) groups is 1. The summed E-state index contributed by atoms with van der Waals surface area (Å²) in [7, 11) is 1.65. The highest BCUT2D eigenvalue weighted by Crippen LogP contribution is 2.34. The first kappa shape index (κ1) is 15.4. The van der Waals surface area contributed by atoms with Crippen LogP contribution in [0.2, 0.25) is 0 Å². The van der Waals surface area contributed by atoms with Crippen LogP contribution in [0, 0.1) is 0 Å². The molecule has 7 heteroatoms. The van der Waals surface area contributed by atoms with Gasteiger partial charge in [0.05, 0.1) is 29.1 Å². The number of hydrogen-bond acceptors (Lipinski definition) is 5. The van der Waals surface area contributed by atoms with E-state index in [-0.39, 0.29) is 11.0 Å². The minimum absolute atomic E-state index is 0.0213.